The summed E-state index contributed by atoms with van der Waals surface area (Å²) in [5, 5.41) is 7.87. The minimum atomic E-state index is -0.501. The lowest BCUT2D eigenvalue weighted by molar-refractivity contribution is 0.0943. The second-order valence-corrected chi connectivity index (χ2v) is 6.90. The molecule has 1 N–H and O–H groups in total. The molecule has 1 aromatic carbocycles. The summed E-state index contributed by atoms with van der Waals surface area (Å²) >= 11 is 1.26. The Hall–Kier alpha value is -2.85. The van der Waals surface area contributed by atoms with Crippen LogP contribution in [0.25, 0.3) is 4.96 Å². The SMILES string of the molecule is O=C(NCc1ccc(F)cc1)c1cc(=O)nc2sc(N3CCOCC3)nn12. The van der Waals surface area contributed by atoms with E-state index in [1.54, 1.807) is 12.1 Å². The number of anilines is 1. The summed E-state index contributed by atoms with van der Waals surface area (Å²) in [6, 6.07) is 6.99. The third-order valence-electron chi connectivity index (χ3n) is 4.12. The number of aromatic nitrogens is 3. The molecule has 1 aliphatic heterocycles. The van der Waals surface area contributed by atoms with Gasteiger partial charge in [0.05, 0.1) is 13.2 Å². The smallest absolute Gasteiger partial charge is 0.274 e. The first kappa shape index (κ1) is 17.6. The molecule has 0 aliphatic carbocycles. The Morgan fingerprint density at radius 3 is 2.74 bits per heavy atom. The normalized spacial score (nSPS) is 14.5. The predicted molar refractivity (Wildman–Crippen MR) is 97.7 cm³/mol. The van der Waals surface area contributed by atoms with E-state index in [0.29, 0.717) is 36.4 Å². The van der Waals surface area contributed by atoms with Crippen LogP contribution in [0.2, 0.25) is 0 Å². The van der Waals surface area contributed by atoms with Crippen LogP contribution in [0.15, 0.2) is 35.1 Å². The molecule has 1 fully saturated rings. The summed E-state index contributed by atoms with van der Waals surface area (Å²) in [4.78, 5) is 30.8. The van der Waals surface area contributed by atoms with E-state index in [4.69, 9.17) is 4.74 Å². The van der Waals surface area contributed by atoms with Gasteiger partial charge in [-0.3, -0.25) is 9.59 Å². The van der Waals surface area contributed by atoms with Gasteiger partial charge < -0.3 is 15.0 Å². The van der Waals surface area contributed by atoms with Crippen LogP contribution in [0, 0.1) is 5.82 Å². The molecular weight excluding hydrogens is 373 g/mol. The van der Waals surface area contributed by atoms with Crippen molar-refractivity contribution in [2.24, 2.45) is 0 Å². The molecule has 1 aliphatic rings. The Balaban J connectivity index is 1.59. The van der Waals surface area contributed by atoms with Crippen LogP contribution in [0.4, 0.5) is 9.52 Å². The van der Waals surface area contributed by atoms with Gasteiger partial charge in [0.1, 0.15) is 11.5 Å². The van der Waals surface area contributed by atoms with Crippen molar-refractivity contribution in [3.8, 4) is 0 Å². The lowest BCUT2D eigenvalue weighted by atomic mass is 10.2. The number of morpholine rings is 1. The van der Waals surface area contributed by atoms with Crippen molar-refractivity contribution in [2.45, 2.75) is 6.54 Å². The van der Waals surface area contributed by atoms with Gasteiger partial charge in [0.15, 0.2) is 0 Å². The van der Waals surface area contributed by atoms with Crippen LogP contribution in [-0.2, 0) is 11.3 Å². The van der Waals surface area contributed by atoms with Gasteiger partial charge in [0, 0.05) is 25.7 Å². The number of fused-ring (bicyclic) bond motifs is 1. The van der Waals surface area contributed by atoms with Gasteiger partial charge in [0.25, 0.3) is 11.5 Å². The standard InChI is InChI=1S/C17H16FN5O3S/c18-12-3-1-11(2-4-12)10-19-15(25)13-9-14(24)20-16-23(13)21-17(27-16)22-5-7-26-8-6-22/h1-4,9H,5-8,10H2,(H,19,25). The van der Waals surface area contributed by atoms with Gasteiger partial charge in [-0.1, -0.05) is 23.5 Å². The Morgan fingerprint density at radius 1 is 1.26 bits per heavy atom. The zero-order valence-electron chi connectivity index (χ0n) is 14.2. The Morgan fingerprint density at radius 2 is 2.00 bits per heavy atom. The minimum absolute atomic E-state index is 0.114. The number of benzene rings is 1. The average molecular weight is 389 g/mol. The van der Waals surface area contributed by atoms with E-state index in [1.807, 2.05) is 4.90 Å². The number of halogens is 1. The minimum Gasteiger partial charge on any atom is -0.378 e. The molecule has 140 valence electrons. The van der Waals surface area contributed by atoms with E-state index in [-0.39, 0.29) is 18.1 Å². The first-order valence-electron chi connectivity index (χ1n) is 8.36. The van der Waals surface area contributed by atoms with Crippen LogP contribution in [-0.4, -0.2) is 46.8 Å². The number of rotatable bonds is 4. The fourth-order valence-corrected chi connectivity index (χ4v) is 3.68. The van der Waals surface area contributed by atoms with Gasteiger partial charge in [-0.2, -0.15) is 9.50 Å². The van der Waals surface area contributed by atoms with Crippen LogP contribution < -0.4 is 15.8 Å². The van der Waals surface area contributed by atoms with Gasteiger partial charge in [0.2, 0.25) is 10.1 Å². The van der Waals surface area contributed by atoms with Crippen LogP contribution in [0.3, 0.4) is 0 Å². The first-order valence-corrected chi connectivity index (χ1v) is 9.18. The second kappa shape index (κ2) is 7.41. The van der Waals surface area contributed by atoms with E-state index in [9.17, 15) is 14.0 Å². The van der Waals surface area contributed by atoms with Crippen molar-refractivity contribution in [1.29, 1.82) is 0 Å². The highest BCUT2D eigenvalue weighted by Gasteiger charge is 2.20. The zero-order chi connectivity index (χ0) is 18.8. The third kappa shape index (κ3) is 3.81. The summed E-state index contributed by atoms with van der Waals surface area (Å²) in [7, 11) is 0. The van der Waals surface area contributed by atoms with E-state index in [1.165, 1.54) is 28.0 Å². The predicted octanol–water partition coefficient (Wildman–Crippen LogP) is 1.06. The topological polar surface area (TPSA) is 88.8 Å². The van der Waals surface area contributed by atoms with Gasteiger partial charge in [-0.05, 0) is 17.7 Å². The number of carbonyl (C=O) groups excluding carboxylic acids is 1. The Bertz CT molecular complexity index is 1030. The molecule has 0 spiro atoms. The number of hydrogen-bond donors (Lipinski definition) is 1. The van der Waals surface area contributed by atoms with E-state index in [0.717, 1.165) is 11.6 Å². The molecule has 0 atom stereocenters. The van der Waals surface area contributed by atoms with E-state index < -0.39 is 11.5 Å². The maximum Gasteiger partial charge on any atom is 0.274 e. The fraction of sp³-hybridized carbons (Fsp3) is 0.294. The highest BCUT2D eigenvalue weighted by atomic mass is 32.1. The molecule has 0 bridgehead atoms. The Kier molecular flexibility index (Phi) is 4.82. The average Bonchev–Trinajstić information content (AvgIpc) is 3.11. The summed E-state index contributed by atoms with van der Waals surface area (Å²) in [6.07, 6.45) is 0. The van der Waals surface area contributed by atoms with Crippen molar-refractivity contribution in [3.63, 3.8) is 0 Å². The maximum atomic E-state index is 13.0. The monoisotopic (exact) mass is 389 g/mol. The number of amides is 1. The highest BCUT2D eigenvalue weighted by Crippen LogP contribution is 2.23. The highest BCUT2D eigenvalue weighted by molar-refractivity contribution is 7.20. The molecule has 4 rings (SSSR count). The van der Waals surface area contributed by atoms with Gasteiger partial charge in [-0.25, -0.2) is 4.39 Å². The second-order valence-electron chi connectivity index (χ2n) is 5.97. The van der Waals surface area contributed by atoms with Gasteiger partial charge in [-0.15, -0.1) is 5.10 Å². The number of nitrogens with one attached hydrogen (secondary N) is 1. The molecule has 1 amide bonds. The largest absolute Gasteiger partial charge is 0.378 e. The van der Waals surface area contributed by atoms with E-state index in [2.05, 4.69) is 15.4 Å². The molecule has 1 saturated heterocycles. The number of ether oxygens (including phenoxy) is 1. The van der Waals surface area contributed by atoms with Crippen molar-refractivity contribution >= 4 is 27.3 Å². The van der Waals surface area contributed by atoms with E-state index >= 15 is 0 Å². The summed E-state index contributed by atoms with van der Waals surface area (Å²) in [6.45, 7) is 2.79. The molecule has 27 heavy (non-hydrogen) atoms. The molecule has 3 heterocycles. The summed E-state index contributed by atoms with van der Waals surface area (Å²) < 4.78 is 19.7. The fourth-order valence-electron chi connectivity index (χ4n) is 2.72. The van der Waals surface area contributed by atoms with Crippen molar-refractivity contribution in [1.82, 2.24) is 19.9 Å². The Labute approximate surface area is 157 Å². The first-order chi connectivity index (χ1) is 13.1. The van der Waals surface area contributed by atoms with Crippen molar-refractivity contribution in [3.05, 3.63) is 57.8 Å². The number of hydrogen-bond acceptors (Lipinski definition) is 7. The molecule has 0 unspecified atom stereocenters. The molecule has 10 heteroatoms. The molecule has 8 nitrogen and oxygen atoms in total. The van der Waals surface area contributed by atoms with Crippen LogP contribution in [0.1, 0.15) is 16.1 Å². The molecular formula is C17H16FN5O3S. The quantitative estimate of drug-likeness (QED) is 0.718. The van der Waals surface area contributed by atoms with Gasteiger partial charge >= 0.3 is 0 Å². The molecule has 2 aromatic heterocycles. The lowest BCUT2D eigenvalue weighted by Gasteiger charge is -2.25. The zero-order valence-corrected chi connectivity index (χ0v) is 15.0. The van der Waals surface area contributed by atoms with Crippen LogP contribution in [0.5, 0.6) is 0 Å². The molecule has 0 saturated carbocycles. The summed E-state index contributed by atoms with van der Waals surface area (Å²) in [5.74, 6) is -0.793. The van der Waals surface area contributed by atoms with Crippen molar-refractivity contribution in [2.75, 3.05) is 31.2 Å². The molecule has 0 radical (unpaired) electrons. The number of nitrogens with zero attached hydrogens (tertiary/aromatic N) is 4. The lowest BCUT2D eigenvalue weighted by Crippen LogP contribution is -2.36. The molecule has 3 aromatic rings. The maximum absolute atomic E-state index is 13.0. The third-order valence-corrected chi connectivity index (χ3v) is 5.09. The summed E-state index contributed by atoms with van der Waals surface area (Å²) in [5.41, 5.74) is 0.358. The number of carbonyl (C=O) groups is 1. The van der Waals surface area contributed by atoms with Crippen LogP contribution >= 0.6 is 11.3 Å². The van der Waals surface area contributed by atoms with Crippen molar-refractivity contribution < 1.29 is 13.9 Å².